The highest BCUT2D eigenvalue weighted by Gasteiger charge is 2.27. The van der Waals surface area contributed by atoms with Crippen LogP contribution in [-0.2, 0) is 16.4 Å². The SMILES string of the molecule is N#CCc1ccc(S(=O)(=O)NC2CCCCC2O)cc1. The minimum atomic E-state index is -3.62. The third kappa shape index (κ3) is 3.57. The van der Waals surface area contributed by atoms with E-state index in [2.05, 4.69) is 4.72 Å². The molecule has 0 aromatic heterocycles. The van der Waals surface area contributed by atoms with Crippen molar-refractivity contribution in [2.75, 3.05) is 0 Å². The van der Waals surface area contributed by atoms with Gasteiger partial charge in [0.2, 0.25) is 10.0 Å². The number of nitrogens with zero attached hydrogens (tertiary/aromatic N) is 1. The first-order valence-corrected chi connectivity index (χ1v) is 8.17. The summed E-state index contributed by atoms with van der Waals surface area (Å²) in [7, 11) is -3.62. The highest BCUT2D eigenvalue weighted by molar-refractivity contribution is 7.89. The molecule has 2 atom stereocenters. The largest absolute Gasteiger partial charge is 0.391 e. The van der Waals surface area contributed by atoms with Gasteiger partial charge in [-0.25, -0.2) is 13.1 Å². The molecule has 1 aromatic rings. The molecular weight excluding hydrogens is 276 g/mol. The third-order valence-electron chi connectivity index (χ3n) is 3.55. The van der Waals surface area contributed by atoms with Gasteiger partial charge >= 0.3 is 0 Å². The van der Waals surface area contributed by atoms with E-state index in [1.165, 1.54) is 12.1 Å². The number of benzene rings is 1. The molecule has 20 heavy (non-hydrogen) atoms. The first kappa shape index (κ1) is 15.0. The Bertz CT molecular complexity index is 590. The van der Waals surface area contributed by atoms with Crippen molar-refractivity contribution >= 4 is 10.0 Å². The van der Waals surface area contributed by atoms with Gasteiger partial charge in [-0.2, -0.15) is 5.26 Å². The van der Waals surface area contributed by atoms with Gasteiger partial charge in [0.1, 0.15) is 0 Å². The lowest BCUT2D eigenvalue weighted by Gasteiger charge is -2.28. The molecule has 0 aliphatic heterocycles. The fourth-order valence-electron chi connectivity index (χ4n) is 2.39. The average molecular weight is 294 g/mol. The maximum atomic E-state index is 12.2. The summed E-state index contributed by atoms with van der Waals surface area (Å²) in [6.07, 6.45) is 2.79. The molecule has 2 rings (SSSR count). The number of hydrogen-bond acceptors (Lipinski definition) is 4. The van der Waals surface area contributed by atoms with Crippen LogP contribution in [0.25, 0.3) is 0 Å². The molecule has 0 spiro atoms. The molecule has 1 fully saturated rings. The normalized spacial score (nSPS) is 23.2. The van der Waals surface area contributed by atoms with Crippen LogP contribution < -0.4 is 4.72 Å². The van der Waals surface area contributed by atoms with Crippen molar-refractivity contribution in [1.29, 1.82) is 5.26 Å². The molecule has 1 saturated carbocycles. The van der Waals surface area contributed by atoms with Crippen LogP contribution in [-0.4, -0.2) is 25.7 Å². The monoisotopic (exact) mass is 294 g/mol. The summed E-state index contributed by atoms with van der Waals surface area (Å²) in [5.74, 6) is 0. The minimum Gasteiger partial charge on any atom is -0.391 e. The van der Waals surface area contributed by atoms with E-state index in [0.717, 1.165) is 18.4 Å². The first-order chi connectivity index (χ1) is 9.53. The maximum Gasteiger partial charge on any atom is 0.240 e. The summed E-state index contributed by atoms with van der Waals surface area (Å²) in [4.78, 5) is 0.164. The Morgan fingerprint density at radius 1 is 1.25 bits per heavy atom. The Morgan fingerprint density at radius 3 is 2.50 bits per heavy atom. The van der Waals surface area contributed by atoms with Crippen molar-refractivity contribution in [3.8, 4) is 6.07 Å². The average Bonchev–Trinajstić information content (AvgIpc) is 2.42. The molecule has 1 aliphatic rings. The van der Waals surface area contributed by atoms with Crippen molar-refractivity contribution in [3.63, 3.8) is 0 Å². The van der Waals surface area contributed by atoms with Crippen LogP contribution in [0.4, 0.5) is 0 Å². The molecule has 1 aliphatic carbocycles. The molecule has 2 unspecified atom stereocenters. The lowest BCUT2D eigenvalue weighted by Crippen LogP contribution is -2.44. The molecule has 5 nitrogen and oxygen atoms in total. The van der Waals surface area contributed by atoms with Gasteiger partial charge in [-0.15, -0.1) is 0 Å². The van der Waals surface area contributed by atoms with Crippen LogP contribution in [0.1, 0.15) is 31.2 Å². The zero-order valence-electron chi connectivity index (χ0n) is 11.1. The maximum absolute atomic E-state index is 12.2. The summed E-state index contributed by atoms with van der Waals surface area (Å²) >= 11 is 0. The summed E-state index contributed by atoms with van der Waals surface area (Å²) in [5.41, 5.74) is 0.782. The third-order valence-corrected chi connectivity index (χ3v) is 5.06. The van der Waals surface area contributed by atoms with E-state index in [4.69, 9.17) is 5.26 Å². The fraction of sp³-hybridized carbons (Fsp3) is 0.500. The van der Waals surface area contributed by atoms with Crippen molar-refractivity contribution in [1.82, 2.24) is 4.72 Å². The van der Waals surface area contributed by atoms with Gasteiger partial charge in [-0.05, 0) is 30.5 Å². The second-order valence-electron chi connectivity index (χ2n) is 5.06. The lowest BCUT2D eigenvalue weighted by molar-refractivity contribution is 0.101. The molecule has 0 amide bonds. The van der Waals surface area contributed by atoms with Crippen LogP contribution >= 0.6 is 0 Å². The van der Waals surface area contributed by atoms with Gasteiger partial charge in [0, 0.05) is 6.04 Å². The van der Waals surface area contributed by atoms with Crippen LogP contribution in [0.3, 0.4) is 0 Å². The summed E-state index contributed by atoms with van der Waals surface area (Å²) in [6, 6.07) is 7.85. The number of hydrogen-bond donors (Lipinski definition) is 2. The zero-order chi connectivity index (χ0) is 14.6. The Hall–Kier alpha value is -1.42. The number of nitriles is 1. The number of aliphatic hydroxyl groups excluding tert-OH is 1. The van der Waals surface area contributed by atoms with Crippen LogP contribution in [0.2, 0.25) is 0 Å². The molecule has 6 heteroatoms. The van der Waals surface area contributed by atoms with Crippen molar-refractivity contribution in [2.45, 2.75) is 49.1 Å². The molecule has 0 bridgehead atoms. The van der Waals surface area contributed by atoms with E-state index in [-0.39, 0.29) is 11.3 Å². The van der Waals surface area contributed by atoms with Gasteiger partial charge in [0.15, 0.2) is 0 Å². The molecule has 2 N–H and O–H groups in total. The van der Waals surface area contributed by atoms with Crippen molar-refractivity contribution in [3.05, 3.63) is 29.8 Å². The predicted octanol–water partition coefficient (Wildman–Crippen LogP) is 1.33. The van der Waals surface area contributed by atoms with Crippen molar-refractivity contribution < 1.29 is 13.5 Å². The van der Waals surface area contributed by atoms with Gasteiger partial charge in [-0.1, -0.05) is 25.0 Å². The first-order valence-electron chi connectivity index (χ1n) is 6.69. The summed E-state index contributed by atoms with van der Waals surface area (Å²) < 4.78 is 27.0. The molecule has 0 heterocycles. The minimum absolute atomic E-state index is 0.164. The topological polar surface area (TPSA) is 90.2 Å². The van der Waals surface area contributed by atoms with Gasteiger partial charge < -0.3 is 5.11 Å². The molecule has 108 valence electrons. The number of nitrogens with one attached hydrogen (secondary N) is 1. The van der Waals surface area contributed by atoms with E-state index in [0.29, 0.717) is 12.8 Å². The van der Waals surface area contributed by atoms with Gasteiger partial charge in [0.25, 0.3) is 0 Å². The van der Waals surface area contributed by atoms with Crippen LogP contribution in [0.15, 0.2) is 29.2 Å². The number of rotatable bonds is 4. The Balaban J connectivity index is 2.11. The van der Waals surface area contributed by atoms with Crippen LogP contribution in [0.5, 0.6) is 0 Å². The highest BCUT2D eigenvalue weighted by Crippen LogP contribution is 2.20. The van der Waals surface area contributed by atoms with E-state index in [9.17, 15) is 13.5 Å². The standard InChI is InChI=1S/C14H18N2O3S/c15-10-9-11-5-7-12(8-6-11)20(18,19)16-13-3-1-2-4-14(13)17/h5-8,13-14,16-17H,1-4,9H2. The Labute approximate surface area is 119 Å². The second-order valence-corrected chi connectivity index (χ2v) is 6.77. The number of sulfonamides is 1. The molecular formula is C14H18N2O3S. The fourth-order valence-corrected chi connectivity index (χ4v) is 3.70. The highest BCUT2D eigenvalue weighted by atomic mass is 32.2. The van der Waals surface area contributed by atoms with E-state index >= 15 is 0 Å². The second kappa shape index (κ2) is 6.35. The quantitative estimate of drug-likeness (QED) is 0.876. The van der Waals surface area contributed by atoms with Gasteiger partial charge in [0.05, 0.1) is 23.5 Å². The van der Waals surface area contributed by atoms with Crippen molar-refractivity contribution in [2.24, 2.45) is 0 Å². The predicted molar refractivity (Wildman–Crippen MR) is 74.3 cm³/mol. The Kier molecular flexibility index (Phi) is 4.76. The van der Waals surface area contributed by atoms with E-state index < -0.39 is 22.2 Å². The zero-order valence-corrected chi connectivity index (χ0v) is 11.9. The lowest BCUT2D eigenvalue weighted by atomic mass is 9.93. The van der Waals surface area contributed by atoms with Gasteiger partial charge in [-0.3, -0.25) is 0 Å². The Morgan fingerprint density at radius 2 is 1.90 bits per heavy atom. The molecule has 1 aromatic carbocycles. The molecule has 0 saturated heterocycles. The van der Waals surface area contributed by atoms with E-state index in [1.54, 1.807) is 12.1 Å². The van der Waals surface area contributed by atoms with Crippen LogP contribution in [0, 0.1) is 11.3 Å². The molecule has 0 radical (unpaired) electrons. The summed E-state index contributed by atoms with van der Waals surface area (Å²) in [5, 5.41) is 18.4. The smallest absolute Gasteiger partial charge is 0.240 e. The van der Waals surface area contributed by atoms with E-state index in [1.807, 2.05) is 6.07 Å². The summed E-state index contributed by atoms with van der Waals surface area (Å²) in [6.45, 7) is 0. The number of aliphatic hydroxyl groups is 1.